The van der Waals surface area contributed by atoms with E-state index < -0.39 is 6.43 Å². The molecule has 0 aliphatic carbocycles. The summed E-state index contributed by atoms with van der Waals surface area (Å²) in [6.07, 6.45) is -2.61. The summed E-state index contributed by atoms with van der Waals surface area (Å²) in [5, 5.41) is 8.71. The van der Waals surface area contributed by atoms with Gasteiger partial charge in [-0.1, -0.05) is 0 Å². The third kappa shape index (κ3) is 2.48. The summed E-state index contributed by atoms with van der Waals surface area (Å²) in [4.78, 5) is 1.97. The Morgan fingerprint density at radius 3 is 2.38 bits per heavy atom. The number of hydrogen-bond acceptors (Lipinski definition) is 2. The Kier molecular flexibility index (Phi) is 4.24. The summed E-state index contributed by atoms with van der Waals surface area (Å²) in [7, 11) is 0. The van der Waals surface area contributed by atoms with E-state index in [1.807, 2.05) is 18.7 Å². The maximum atomic E-state index is 12.7. The molecule has 0 aromatic heterocycles. The highest BCUT2D eigenvalue weighted by molar-refractivity contribution is 5.54. The lowest BCUT2D eigenvalue weighted by atomic mass is 10.1. The second-order valence-electron chi connectivity index (χ2n) is 3.36. The molecule has 0 amide bonds. The maximum Gasteiger partial charge on any atom is 0.265 e. The minimum Gasteiger partial charge on any atom is -0.372 e. The molecule has 0 bridgehead atoms. The summed E-state index contributed by atoms with van der Waals surface area (Å²) < 4.78 is 25.4. The first-order valence-corrected chi connectivity index (χ1v) is 5.21. The largest absolute Gasteiger partial charge is 0.372 e. The van der Waals surface area contributed by atoms with Crippen LogP contribution in [0.1, 0.15) is 31.4 Å². The Hall–Kier alpha value is -1.63. The van der Waals surface area contributed by atoms with Gasteiger partial charge in [-0.05, 0) is 32.0 Å². The van der Waals surface area contributed by atoms with E-state index in [0.717, 1.165) is 18.8 Å². The molecule has 1 aromatic rings. The molecule has 0 saturated carbocycles. The van der Waals surface area contributed by atoms with Crippen molar-refractivity contribution < 1.29 is 8.78 Å². The SMILES string of the molecule is CCN(CC)c1ccc(C#N)c(C(F)F)c1. The van der Waals surface area contributed by atoms with Crippen LogP contribution in [0.15, 0.2) is 18.2 Å². The Morgan fingerprint density at radius 2 is 1.94 bits per heavy atom. The van der Waals surface area contributed by atoms with E-state index in [4.69, 9.17) is 5.26 Å². The standard InChI is InChI=1S/C12H14F2N2/c1-3-16(4-2)10-6-5-9(8-15)11(7-10)12(13)14/h5-7,12H,3-4H2,1-2H3. The van der Waals surface area contributed by atoms with Crippen molar-refractivity contribution in [2.24, 2.45) is 0 Å². The topological polar surface area (TPSA) is 27.0 Å². The van der Waals surface area contributed by atoms with Crippen LogP contribution in [0.4, 0.5) is 14.5 Å². The van der Waals surface area contributed by atoms with E-state index in [1.165, 1.54) is 12.1 Å². The molecular formula is C12H14F2N2. The zero-order chi connectivity index (χ0) is 12.1. The second-order valence-corrected chi connectivity index (χ2v) is 3.36. The van der Waals surface area contributed by atoms with Crippen LogP contribution in [-0.2, 0) is 0 Å². The number of hydrogen-bond donors (Lipinski definition) is 0. The van der Waals surface area contributed by atoms with Gasteiger partial charge in [0.1, 0.15) is 0 Å². The Balaban J connectivity index is 3.17. The van der Waals surface area contributed by atoms with Crippen molar-refractivity contribution in [2.75, 3.05) is 18.0 Å². The van der Waals surface area contributed by atoms with Crippen molar-refractivity contribution in [2.45, 2.75) is 20.3 Å². The van der Waals surface area contributed by atoms with Crippen molar-refractivity contribution in [1.29, 1.82) is 5.26 Å². The van der Waals surface area contributed by atoms with Crippen LogP contribution in [0.5, 0.6) is 0 Å². The van der Waals surface area contributed by atoms with Gasteiger partial charge in [-0.2, -0.15) is 5.26 Å². The lowest BCUT2D eigenvalue weighted by Gasteiger charge is -2.21. The highest BCUT2D eigenvalue weighted by Crippen LogP contribution is 2.27. The highest BCUT2D eigenvalue weighted by atomic mass is 19.3. The average molecular weight is 224 g/mol. The zero-order valence-electron chi connectivity index (χ0n) is 9.37. The van der Waals surface area contributed by atoms with Crippen LogP contribution in [0.3, 0.4) is 0 Å². The van der Waals surface area contributed by atoms with E-state index >= 15 is 0 Å². The minimum atomic E-state index is -2.61. The van der Waals surface area contributed by atoms with E-state index in [2.05, 4.69) is 0 Å². The Bertz CT molecular complexity index is 392. The fourth-order valence-electron chi connectivity index (χ4n) is 1.62. The predicted molar refractivity (Wildman–Crippen MR) is 59.7 cm³/mol. The smallest absolute Gasteiger partial charge is 0.265 e. The lowest BCUT2D eigenvalue weighted by Crippen LogP contribution is -2.21. The third-order valence-electron chi connectivity index (χ3n) is 2.52. The van der Waals surface area contributed by atoms with Crippen LogP contribution < -0.4 is 4.90 Å². The number of alkyl halides is 2. The molecule has 0 fully saturated rings. The summed E-state index contributed by atoms with van der Waals surface area (Å²) >= 11 is 0. The van der Waals surface area contributed by atoms with Crippen LogP contribution in [0, 0.1) is 11.3 Å². The molecule has 0 radical (unpaired) electrons. The van der Waals surface area contributed by atoms with Crippen LogP contribution >= 0.6 is 0 Å². The summed E-state index contributed by atoms with van der Waals surface area (Å²) in [5.41, 5.74) is 0.595. The molecule has 0 aliphatic rings. The van der Waals surface area contributed by atoms with Crippen molar-refractivity contribution in [1.82, 2.24) is 0 Å². The molecule has 0 heterocycles. The van der Waals surface area contributed by atoms with Gasteiger partial charge in [-0.3, -0.25) is 0 Å². The highest BCUT2D eigenvalue weighted by Gasteiger charge is 2.14. The normalized spacial score (nSPS) is 10.2. The van der Waals surface area contributed by atoms with Gasteiger partial charge in [0.2, 0.25) is 0 Å². The molecule has 0 saturated heterocycles. The number of anilines is 1. The van der Waals surface area contributed by atoms with Gasteiger partial charge >= 0.3 is 0 Å². The molecule has 1 aromatic carbocycles. The van der Waals surface area contributed by atoms with Crippen molar-refractivity contribution in [3.05, 3.63) is 29.3 Å². The number of nitriles is 1. The van der Waals surface area contributed by atoms with E-state index in [-0.39, 0.29) is 11.1 Å². The molecule has 0 aliphatic heterocycles. The van der Waals surface area contributed by atoms with Crippen LogP contribution in [0.2, 0.25) is 0 Å². The molecule has 0 atom stereocenters. The van der Waals surface area contributed by atoms with Gasteiger partial charge in [-0.15, -0.1) is 0 Å². The summed E-state index contributed by atoms with van der Waals surface area (Å²) in [6, 6.07) is 6.34. The van der Waals surface area contributed by atoms with Crippen molar-refractivity contribution in [3.63, 3.8) is 0 Å². The number of benzene rings is 1. The minimum absolute atomic E-state index is 0.0471. The van der Waals surface area contributed by atoms with Crippen LogP contribution in [0.25, 0.3) is 0 Å². The molecule has 0 unspecified atom stereocenters. The maximum absolute atomic E-state index is 12.7. The first-order valence-electron chi connectivity index (χ1n) is 5.21. The fraction of sp³-hybridized carbons (Fsp3) is 0.417. The first-order chi connectivity index (χ1) is 7.63. The zero-order valence-corrected chi connectivity index (χ0v) is 9.37. The van der Waals surface area contributed by atoms with Gasteiger partial charge in [0, 0.05) is 24.3 Å². The average Bonchev–Trinajstić information content (AvgIpc) is 2.30. The van der Waals surface area contributed by atoms with Crippen molar-refractivity contribution in [3.8, 4) is 6.07 Å². The molecular weight excluding hydrogens is 210 g/mol. The third-order valence-corrected chi connectivity index (χ3v) is 2.52. The monoisotopic (exact) mass is 224 g/mol. The number of nitrogens with zero attached hydrogens (tertiary/aromatic N) is 2. The molecule has 16 heavy (non-hydrogen) atoms. The molecule has 1 rings (SSSR count). The Morgan fingerprint density at radius 1 is 1.31 bits per heavy atom. The quantitative estimate of drug-likeness (QED) is 0.784. The van der Waals surface area contributed by atoms with Gasteiger partial charge in [0.25, 0.3) is 6.43 Å². The van der Waals surface area contributed by atoms with E-state index in [9.17, 15) is 8.78 Å². The first kappa shape index (κ1) is 12.4. The lowest BCUT2D eigenvalue weighted by molar-refractivity contribution is 0.151. The van der Waals surface area contributed by atoms with E-state index in [0.29, 0.717) is 0 Å². The van der Waals surface area contributed by atoms with Crippen LogP contribution in [-0.4, -0.2) is 13.1 Å². The molecule has 4 heteroatoms. The van der Waals surface area contributed by atoms with Gasteiger partial charge in [-0.25, -0.2) is 8.78 Å². The van der Waals surface area contributed by atoms with Gasteiger partial charge < -0.3 is 4.90 Å². The van der Waals surface area contributed by atoms with Gasteiger partial charge in [0.15, 0.2) is 0 Å². The second kappa shape index (κ2) is 5.45. The fourth-order valence-corrected chi connectivity index (χ4v) is 1.62. The molecule has 2 nitrogen and oxygen atoms in total. The number of halogens is 2. The molecule has 86 valence electrons. The summed E-state index contributed by atoms with van der Waals surface area (Å²) in [5.74, 6) is 0. The number of rotatable bonds is 4. The molecule has 0 spiro atoms. The van der Waals surface area contributed by atoms with Crippen molar-refractivity contribution >= 4 is 5.69 Å². The van der Waals surface area contributed by atoms with Gasteiger partial charge in [0.05, 0.1) is 11.6 Å². The summed E-state index contributed by atoms with van der Waals surface area (Å²) in [6.45, 7) is 5.43. The van der Waals surface area contributed by atoms with E-state index in [1.54, 1.807) is 12.1 Å². The predicted octanol–water partition coefficient (Wildman–Crippen LogP) is 3.34. The Labute approximate surface area is 94.1 Å². The molecule has 0 N–H and O–H groups in total.